The normalized spacial score (nSPS) is 30.5. The van der Waals surface area contributed by atoms with E-state index in [2.05, 4.69) is 91.2 Å². The highest BCUT2D eigenvalue weighted by Crippen LogP contribution is 2.33. The monoisotopic (exact) mass is 1150 g/mol. The minimum absolute atomic E-state index is 0.221. The SMILES string of the molecule is C/C=C/CC/C=C/CC/C=C/C(O)C(COC1OC(CO)C(OC2OC(CO)C(OC3OC(CO)C(O)C(O)C3O)C(O)C2O)C(O)C1O)NC(=O)CCCCCCCCCCCCC/C=C\C/C=C\C/C=C\C/C=C\C/C=C\CC. The molecule has 3 fully saturated rings. The van der Waals surface area contributed by atoms with Crippen LogP contribution in [0.3, 0.4) is 0 Å². The Hall–Kier alpha value is -3.29. The number of nitrogens with one attached hydrogen (secondary N) is 1. The maximum atomic E-state index is 13.3. The Balaban J connectivity index is 1.42. The van der Waals surface area contributed by atoms with Crippen molar-refractivity contribution in [1.82, 2.24) is 5.32 Å². The highest BCUT2D eigenvalue weighted by atomic mass is 16.8. The predicted octanol–water partition coefficient (Wildman–Crippen LogP) is 5.37. The van der Waals surface area contributed by atoms with Gasteiger partial charge in [0.2, 0.25) is 5.91 Å². The summed E-state index contributed by atoms with van der Waals surface area (Å²) in [5.74, 6) is -0.302. The van der Waals surface area contributed by atoms with Crippen LogP contribution in [-0.4, -0.2) is 193 Å². The molecule has 19 nitrogen and oxygen atoms in total. The third-order valence-corrected chi connectivity index (χ3v) is 14.4. The standard InChI is InChI=1S/C62H103NO18/c1-3-5-7-9-11-13-14-15-16-17-18-19-20-21-22-23-24-25-26-27-28-29-30-32-34-36-38-40-50(68)63-45(46(67)39-37-35-33-31-12-10-8-6-4-2)44-76-60-56(74)53(71)58(48(42-65)78-60)81-62-57(75)54(72)59(49(43-66)79-62)80-61-55(73)52(70)51(69)47(41-64)77-61/h4-7,11-13,15-16,18-19,21-22,31,37,39,45-49,51-62,64-67,69-75H,3,8-10,14,17,20,23-30,32-36,38,40-44H2,1-2H3,(H,63,68)/b6-4+,7-5-,13-11-,16-15-,19-18-,22-21-,31-12+,39-37+. The molecule has 17 atom stereocenters. The fraction of sp³-hybridized carbons (Fsp3) is 0.726. The van der Waals surface area contributed by atoms with Crippen molar-refractivity contribution in [2.45, 2.75) is 259 Å². The second kappa shape index (κ2) is 44.2. The van der Waals surface area contributed by atoms with E-state index in [1.807, 2.05) is 13.0 Å². The number of carbonyl (C=O) groups excluding carboxylic acids is 1. The fourth-order valence-electron chi connectivity index (χ4n) is 9.55. The van der Waals surface area contributed by atoms with Crippen LogP contribution in [0.5, 0.6) is 0 Å². The molecule has 3 aliphatic heterocycles. The van der Waals surface area contributed by atoms with E-state index in [-0.39, 0.29) is 18.9 Å². The molecule has 0 aliphatic carbocycles. The third kappa shape index (κ3) is 28.0. The highest BCUT2D eigenvalue weighted by Gasteiger charge is 2.53. The maximum Gasteiger partial charge on any atom is 0.220 e. The van der Waals surface area contributed by atoms with E-state index >= 15 is 0 Å². The van der Waals surface area contributed by atoms with Gasteiger partial charge < -0.3 is 89.9 Å². The molecule has 0 aromatic carbocycles. The number of hydrogen-bond donors (Lipinski definition) is 12. The minimum atomic E-state index is -1.99. The van der Waals surface area contributed by atoms with Crippen molar-refractivity contribution in [3.8, 4) is 0 Å². The minimum Gasteiger partial charge on any atom is -0.394 e. The molecular weight excluding hydrogens is 1050 g/mol. The van der Waals surface area contributed by atoms with Gasteiger partial charge in [-0.3, -0.25) is 4.79 Å². The summed E-state index contributed by atoms with van der Waals surface area (Å²) in [5, 5.41) is 120. The molecule has 0 aromatic heterocycles. The van der Waals surface area contributed by atoms with Crippen LogP contribution in [-0.2, 0) is 33.2 Å². The second-order valence-electron chi connectivity index (χ2n) is 21.1. The highest BCUT2D eigenvalue weighted by molar-refractivity contribution is 5.76. The summed E-state index contributed by atoms with van der Waals surface area (Å²) in [5.41, 5.74) is 0. The van der Waals surface area contributed by atoms with E-state index in [1.165, 1.54) is 38.5 Å². The van der Waals surface area contributed by atoms with E-state index in [4.69, 9.17) is 28.4 Å². The lowest BCUT2D eigenvalue weighted by molar-refractivity contribution is -0.379. The van der Waals surface area contributed by atoms with Crippen molar-refractivity contribution in [3.63, 3.8) is 0 Å². The molecule has 12 N–H and O–H groups in total. The van der Waals surface area contributed by atoms with Crippen LogP contribution in [0.15, 0.2) is 97.2 Å². The van der Waals surface area contributed by atoms with Crippen LogP contribution in [0.25, 0.3) is 0 Å². The van der Waals surface area contributed by atoms with Crippen LogP contribution in [0.2, 0.25) is 0 Å². The van der Waals surface area contributed by atoms with Gasteiger partial charge in [0.1, 0.15) is 73.2 Å². The van der Waals surface area contributed by atoms with Crippen LogP contribution < -0.4 is 5.32 Å². The number of ether oxygens (including phenoxy) is 6. The van der Waals surface area contributed by atoms with Crippen molar-refractivity contribution in [3.05, 3.63) is 97.2 Å². The van der Waals surface area contributed by atoms with Crippen LogP contribution >= 0.6 is 0 Å². The average Bonchev–Trinajstić information content (AvgIpc) is 3.55. The first-order valence-electron chi connectivity index (χ1n) is 30.0. The van der Waals surface area contributed by atoms with Crippen molar-refractivity contribution in [2.24, 2.45) is 0 Å². The van der Waals surface area contributed by atoms with E-state index < -0.39 is 124 Å². The molecule has 17 unspecified atom stereocenters. The van der Waals surface area contributed by atoms with Gasteiger partial charge in [-0.05, 0) is 84.0 Å². The lowest BCUT2D eigenvalue weighted by Crippen LogP contribution is -2.66. The molecule has 0 saturated carbocycles. The van der Waals surface area contributed by atoms with Crippen LogP contribution in [0.1, 0.15) is 155 Å². The molecule has 464 valence electrons. The third-order valence-electron chi connectivity index (χ3n) is 14.4. The summed E-state index contributed by atoms with van der Waals surface area (Å²) in [6, 6.07) is -1.00. The molecule has 3 aliphatic rings. The number of aliphatic hydroxyl groups excluding tert-OH is 11. The van der Waals surface area contributed by atoms with Gasteiger partial charge in [0.05, 0.1) is 38.6 Å². The van der Waals surface area contributed by atoms with Gasteiger partial charge in [-0.15, -0.1) is 0 Å². The van der Waals surface area contributed by atoms with Gasteiger partial charge in [-0.1, -0.05) is 162 Å². The largest absolute Gasteiger partial charge is 0.394 e. The van der Waals surface area contributed by atoms with Gasteiger partial charge in [-0.25, -0.2) is 0 Å². The van der Waals surface area contributed by atoms with Crippen molar-refractivity contribution in [2.75, 3.05) is 26.4 Å². The molecule has 1 amide bonds. The van der Waals surface area contributed by atoms with E-state index in [0.717, 1.165) is 83.5 Å². The Morgan fingerprint density at radius 3 is 1.38 bits per heavy atom. The number of aliphatic hydroxyl groups is 11. The van der Waals surface area contributed by atoms with Crippen molar-refractivity contribution < 1.29 is 89.4 Å². The maximum absolute atomic E-state index is 13.3. The molecule has 3 heterocycles. The van der Waals surface area contributed by atoms with Gasteiger partial charge in [0.25, 0.3) is 0 Å². The Labute approximate surface area is 482 Å². The Morgan fingerprint density at radius 1 is 0.469 bits per heavy atom. The quantitative estimate of drug-likeness (QED) is 0.0270. The van der Waals surface area contributed by atoms with E-state index in [0.29, 0.717) is 12.8 Å². The molecule has 0 spiro atoms. The van der Waals surface area contributed by atoms with Crippen LogP contribution in [0.4, 0.5) is 0 Å². The lowest BCUT2D eigenvalue weighted by atomic mass is 9.96. The van der Waals surface area contributed by atoms with Gasteiger partial charge >= 0.3 is 0 Å². The van der Waals surface area contributed by atoms with Gasteiger partial charge in [0.15, 0.2) is 18.9 Å². The molecule has 81 heavy (non-hydrogen) atoms. The summed E-state index contributed by atoms with van der Waals surface area (Å²) >= 11 is 0. The summed E-state index contributed by atoms with van der Waals surface area (Å²) in [7, 11) is 0. The van der Waals surface area contributed by atoms with E-state index in [9.17, 15) is 61.0 Å². The smallest absolute Gasteiger partial charge is 0.220 e. The van der Waals surface area contributed by atoms with Gasteiger partial charge in [-0.2, -0.15) is 0 Å². The zero-order chi connectivity index (χ0) is 59.0. The Kier molecular flexibility index (Phi) is 39.3. The average molecular weight is 1150 g/mol. The van der Waals surface area contributed by atoms with Crippen molar-refractivity contribution in [1.29, 1.82) is 0 Å². The van der Waals surface area contributed by atoms with Gasteiger partial charge in [0, 0.05) is 6.42 Å². The number of allylic oxidation sites excluding steroid dienone is 15. The number of hydrogen-bond acceptors (Lipinski definition) is 18. The zero-order valence-corrected chi connectivity index (χ0v) is 48.2. The summed E-state index contributed by atoms with van der Waals surface area (Å²) in [6.07, 6.45) is 28.7. The molecule has 3 saturated heterocycles. The summed E-state index contributed by atoms with van der Waals surface area (Å²) in [6.45, 7) is 1.30. The number of unbranched alkanes of at least 4 members (excludes halogenated alkanes) is 13. The molecule has 3 rings (SSSR count). The molecule has 0 aromatic rings. The molecule has 0 radical (unpaired) electrons. The predicted molar refractivity (Wildman–Crippen MR) is 309 cm³/mol. The van der Waals surface area contributed by atoms with E-state index in [1.54, 1.807) is 12.2 Å². The fourth-order valence-corrected chi connectivity index (χ4v) is 9.55. The lowest BCUT2D eigenvalue weighted by Gasteiger charge is -2.48. The summed E-state index contributed by atoms with van der Waals surface area (Å²) < 4.78 is 34.1. The number of carbonyl (C=O) groups is 1. The Bertz CT molecular complexity index is 1850. The molecule has 0 bridgehead atoms. The van der Waals surface area contributed by atoms with Crippen LogP contribution in [0, 0.1) is 0 Å². The second-order valence-corrected chi connectivity index (χ2v) is 21.1. The zero-order valence-electron chi connectivity index (χ0n) is 48.2. The number of amides is 1. The molecular formula is C62H103NO18. The number of rotatable bonds is 42. The topological polar surface area (TPSA) is 307 Å². The summed E-state index contributed by atoms with van der Waals surface area (Å²) in [4.78, 5) is 13.3. The first kappa shape index (κ1) is 72.0. The first-order valence-corrected chi connectivity index (χ1v) is 30.0. The van der Waals surface area contributed by atoms with Crippen molar-refractivity contribution >= 4 is 5.91 Å². The first-order chi connectivity index (χ1) is 39.3. The molecule has 19 heteroatoms. The Morgan fingerprint density at radius 2 is 0.877 bits per heavy atom.